The summed E-state index contributed by atoms with van der Waals surface area (Å²) in [5.41, 5.74) is 6.57. The summed E-state index contributed by atoms with van der Waals surface area (Å²) < 4.78 is 5.30. The molecule has 1 aromatic carbocycles. The van der Waals surface area contributed by atoms with Crippen LogP contribution in [0.1, 0.15) is 12.8 Å². The van der Waals surface area contributed by atoms with Gasteiger partial charge in [-0.15, -0.1) is 0 Å². The average Bonchev–Trinajstić information content (AvgIpc) is 2.93. The minimum absolute atomic E-state index is 0.125. The minimum atomic E-state index is -0.574. The number of thioether (sulfide) groups is 1. The smallest absolute Gasteiger partial charge is 0.249 e. The molecular weight excluding hydrogens is 314 g/mol. The second-order valence-corrected chi connectivity index (χ2v) is 6.39. The van der Waals surface area contributed by atoms with E-state index in [0.29, 0.717) is 25.1 Å². The van der Waals surface area contributed by atoms with Gasteiger partial charge >= 0.3 is 0 Å². The molecule has 0 bridgehead atoms. The van der Waals surface area contributed by atoms with Crippen LogP contribution in [0.2, 0.25) is 0 Å². The Morgan fingerprint density at radius 3 is 2.96 bits per heavy atom. The van der Waals surface area contributed by atoms with Gasteiger partial charge in [0.1, 0.15) is 11.8 Å². The highest BCUT2D eigenvalue weighted by molar-refractivity contribution is 7.98. The molecule has 0 aliphatic carbocycles. The Bertz CT molecular complexity index is 567. The molecule has 2 amide bonds. The number of benzene rings is 1. The lowest BCUT2D eigenvalue weighted by molar-refractivity contribution is -0.127. The Kier molecular flexibility index (Phi) is 6.29. The maximum atomic E-state index is 12.6. The van der Waals surface area contributed by atoms with Crippen LogP contribution in [0, 0.1) is 0 Å². The zero-order valence-corrected chi connectivity index (χ0v) is 14.3. The second kappa shape index (κ2) is 8.21. The standard InChI is InChI=1S/C16H23N3O3S/c1-22-14-6-4-3-5-13(14)19-9-7-12(16(19)21)18-15(20)11(17)8-10-23-2/h3-6,11-12H,7-10,17H2,1-2H3,(H,18,20)/t11-,12?/m0/s1. The maximum Gasteiger partial charge on any atom is 0.249 e. The predicted molar refractivity (Wildman–Crippen MR) is 92.9 cm³/mol. The Hall–Kier alpha value is -1.73. The molecule has 0 spiro atoms. The average molecular weight is 337 g/mol. The molecule has 1 unspecified atom stereocenters. The van der Waals surface area contributed by atoms with Crippen LogP contribution in [0.5, 0.6) is 5.75 Å². The fraction of sp³-hybridized carbons (Fsp3) is 0.500. The topological polar surface area (TPSA) is 84.7 Å². The van der Waals surface area contributed by atoms with Gasteiger partial charge in [-0.25, -0.2) is 0 Å². The summed E-state index contributed by atoms with van der Waals surface area (Å²) in [6.45, 7) is 0.546. The van der Waals surface area contributed by atoms with Crippen molar-refractivity contribution in [3.63, 3.8) is 0 Å². The van der Waals surface area contributed by atoms with Gasteiger partial charge in [-0.1, -0.05) is 12.1 Å². The third-order valence-corrected chi connectivity index (χ3v) is 4.51. The van der Waals surface area contributed by atoms with Crippen molar-refractivity contribution >= 4 is 29.3 Å². The quantitative estimate of drug-likeness (QED) is 0.775. The predicted octanol–water partition coefficient (Wildman–Crippen LogP) is 0.997. The lowest BCUT2D eigenvalue weighted by Gasteiger charge is -2.20. The summed E-state index contributed by atoms with van der Waals surface area (Å²) in [5, 5.41) is 2.77. The van der Waals surface area contributed by atoms with E-state index >= 15 is 0 Å². The number of ether oxygens (including phenoxy) is 1. The minimum Gasteiger partial charge on any atom is -0.495 e. The summed E-state index contributed by atoms with van der Waals surface area (Å²) in [4.78, 5) is 26.3. The summed E-state index contributed by atoms with van der Waals surface area (Å²) >= 11 is 1.64. The molecule has 3 N–H and O–H groups in total. The number of amides is 2. The van der Waals surface area contributed by atoms with E-state index in [4.69, 9.17) is 10.5 Å². The third-order valence-electron chi connectivity index (χ3n) is 3.87. The van der Waals surface area contributed by atoms with Crippen LogP contribution in [0.25, 0.3) is 0 Å². The van der Waals surface area contributed by atoms with Crippen LogP contribution in [0.15, 0.2) is 24.3 Å². The van der Waals surface area contributed by atoms with Gasteiger partial charge < -0.3 is 20.7 Å². The first-order valence-electron chi connectivity index (χ1n) is 7.57. The fourth-order valence-corrected chi connectivity index (χ4v) is 3.05. The molecule has 126 valence electrons. The number of nitrogens with zero attached hydrogens (tertiary/aromatic N) is 1. The summed E-state index contributed by atoms with van der Waals surface area (Å²) in [6, 6.07) is 6.27. The van der Waals surface area contributed by atoms with Crippen molar-refractivity contribution in [2.75, 3.05) is 30.6 Å². The first-order valence-corrected chi connectivity index (χ1v) is 8.97. The van der Waals surface area contributed by atoms with E-state index in [1.54, 1.807) is 23.8 Å². The number of para-hydroxylation sites is 2. The van der Waals surface area contributed by atoms with Crippen molar-refractivity contribution in [1.82, 2.24) is 5.32 Å². The lowest BCUT2D eigenvalue weighted by Crippen LogP contribution is -2.48. The van der Waals surface area contributed by atoms with Gasteiger partial charge in [0.25, 0.3) is 0 Å². The van der Waals surface area contributed by atoms with E-state index in [9.17, 15) is 9.59 Å². The summed E-state index contributed by atoms with van der Waals surface area (Å²) in [5.74, 6) is 1.07. The van der Waals surface area contributed by atoms with Crippen molar-refractivity contribution in [3.8, 4) is 5.75 Å². The van der Waals surface area contributed by atoms with Crippen LogP contribution in [0.4, 0.5) is 5.69 Å². The fourth-order valence-electron chi connectivity index (χ4n) is 2.56. The largest absolute Gasteiger partial charge is 0.495 e. The number of hydrogen-bond acceptors (Lipinski definition) is 5. The third kappa shape index (κ3) is 4.17. The van der Waals surface area contributed by atoms with Crippen molar-refractivity contribution in [2.45, 2.75) is 24.9 Å². The summed E-state index contributed by atoms with van der Waals surface area (Å²) in [7, 11) is 1.57. The molecular formula is C16H23N3O3S. The van der Waals surface area contributed by atoms with Gasteiger partial charge in [0.05, 0.1) is 18.8 Å². The van der Waals surface area contributed by atoms with Crippen molar-refractivity contribution in [1.29, 1.82) is 0 Å². The van der Waals surface area contributed by atoms with Gasteiger partial charge in [0.15, 0.2) is 0 Å². The van der Waals surface area contributed by atoms with Crippen molar-refractivity contribution < 1.29 is 14.3 Å². The highest BCUT2D eigenvalue weighted by atomic mass is 32.2. The number of hydrogen-bond donors (Lipinski definition) is 2. The molecule has 2 rings (SSSR count). The van der Waals surface area contributed by atoms with E-state index < -0.39 is 12.1 Å². The molecule has 7 heteroatoms. The van der Waals surface area contributed by atoms with Crippen LogP contribution in [-0.2, 0) is 9.59 Å². The second-order valence-electron chi connectivity index (χ2n) is 5.40. The Balaban J connectivity index is 2.00. The molecule has 6 nitrogen and oxygen atoms in total. The first kappa shape index (κ1) is 17.6. The molecule has 1 heterocycles. The van der Waals surface area contributed by atoms with Gasteiger partial charge in [-0.2, -0.15) is 11.8 Å². The van der Waals surface area contributed by atoms with Gasteiger partial charge in [-0.05, 0) is 37.0 Å². The van der Waals surface area contributed by atoms with Crippen LogP contribution < -0.4 is 20.7 Å². The Morgan fingerprint density at radius 1 is 1.52 bits per heavy atom. The number of anilines is 1. The highest BCUT2D eigenvalue weighted by Gasteiger charge is 2.35. The molecule has 1 fully saturated rings. The number of carbonyl (C=O) groups is 2. The number of nitrogens with two attached hydrogens (primary N) is 1. The maximum absolute atomic E-state index is 12.6. The molecule has 23 heavy (non-hydrogen) atoms. The molecule has 0 aromatic heterocycles. The Labute approximate surface area is 140 Å². The van der Waals surface area contributed by atoms with E-state index in [2.05, 4.69) is 5.32 Å². The first-order chi connectivity index (χ1) is 11.1. The normalized spacial score (nSPS) is 18.8. The molecule has 1 aliphatic heterocycles. The molecule has 1 aromatic rings. The van der Waals surface area contributed by atoms with Gasteiger partial charge in [0, 0.05) is 6.54 Å². The van der Waals surface area contributed by atoms with Crippen molar-refractivity contribution in [2.24, 2.45) is 5.73 Å². The molecule has 0 radical (unpaired) electrons. The molecule has 2 atom stereocenters. The molecule has 0 saturated carbocycles. The molecule has 1 aliphatic rings. The van der Waals surface area contributed by atoms with Gasteiger partial charge in [-0.3, -0.25) is 9.59 Å². The number of nitrogens with one attached hydrogen (secondary N) is 1. The zero-order valence-electron chi connectivity index (χ0n) is 13.5. The zero-order chi connectivity index (χ0) is 16.8. The number of rotatable bonds is 7. The molecule has 1 saturated heterocycles. The van der Waals surface area contributed by atoms with E-state index in [-0.39, 0.29) is 11.8 Å². The highest BCUT2D eigenvalue weighted by Crippen LogP contribution is 2.30. The van der Waals surface area contributed by atoms with Crippen LogP contribution in [0.3, 0.4) is 0 Å². The van der Waals surface area contributed by atoms with E-state index in [1.165, 1.54) is 0 Å². The van der Waals surface area contributed by atoms with Gasteiger partial charge in [0.2, 0.25) is 11.8 Å². The van der Waals surface area contributed by atoms with Crippen LogP contribution >= 0.6 is 11.8 Å². The summed E-state index contributed by atoms with van der Waals surface area (Å²) in [6.07, 6.45) is 3.14. The van der Waals surface area contributed by atoms with Crippen molar-refractivity contribution in [3.05, 3.63) is 24.3 Å². The Morgan fingerprint density at radius 2 is 2.26 bits per heavy atom. The monoisotopic (exact) mass is 337 g/mol. The lowest BCUT2D eigenvalue weighted by atomic mass is 10.2. The number of carbonyl (C=O) groups excluding carboxylic acids is 2. The van der Waals surface area contributed by atoms with Crippen LogP contribution in [-0.4, -0.2) is 49.6 Å². The number of methoxy groups -OCH3 is 1. The van der Waals surface area contributed by atoms with E-state index in [1.807, 2.05) is 30.5 Å². The SMILES string of the molecule is COc1ccccc1N1CCC(NC(=O)[C@@H](N)CCSC)C1=O. The van der Waals surface area contributed by atoms with E-state index in [0.717, 1.165) is 11.4 Å².